The van der Waals surface area contributed by atoms with E-state index in [9.17, 15) is 4.79 Å². The average molecular weight is 274 g/mol. The Hall–Kier alpha value is -1.35. The summed E-state index contributed by atoms with van der Waals surface area (Å²) in [5, 5.41) is 3.19. The van der Waals surface area contributed by atoms with Crippen molar-refractivity contribution >= 4 is 5.91 Å². The Bertz CT molecular complexity index is 418. The molecule has 1 fully saturated rings. The van der Waals surface area contributed by atoms with Crippen molar-refractivity contribution in [2.45, 2.75) is 57.5 Å². The van der Waals surface area contributed by atoms with Crippen LogP contribution >= 0.6 is 0 Å². The molecule has 3 heteroatoms. The maximum absolute atomic E-state index is 12.2. The summed E-state index contributed by atoms with van der Waals surface area (Å²) in [6.45, 7) is 2.24. The molecular formula is C17H26N2O. The number of nitrogens with one attached hydrogen (secondary N) is 1. The molecule has 3 atom stereocenters. The van der Waals surface area contributed by atoms with Crippen LogP contribution in [0, 0.1) is 5.92 Å². The summed E-state index contributed by atoms with van der Waals surface area (Å²) in [7, 11) is 0. The number of nitrogens with two attached hydrogens (primary N) is 1. The summed E-state index contributed by atoms with van der Waals surface area (Å²) in [5.41, 5.74) is 7.13. The first kappa shape index (κ1) is 15.0. The van der Waals surface area contributed by atoms with E-state index in [0.717, 1.165) is 12.0 Å². The van der Waals surface area contributed by atoms with Gasteiger partial charge in [-0.3, -0.25) is 4.79 Å². The van der Waals surface area contributed by atoms with Crippen LogP contribution in [0.1, 0.15) is 57.1 Å². The van der Waals surface area contributed by atoms with Gasteiger partial charge >= 0.3 is 0 Å². The second kappa shape index (κ2) is 7.44. The van der Waals surface area contributed by atoms with Crippen LogP contribution in [0.2, 0.25) is 0 Å². The Balaban J connectivity index is 1.85. The normalized spacial score (nSPS) is 24.7. The van der Waals surface area contributed by atoms with Crippen LogP contribution in [0.25, 0.3) is 0 Å². The molecule has 2 rings (SSSR count). The lowest BCUT2D eigenvalue weighted by atomic mass is 9.96. The highest BCUT2D eigenvalue weighted by Crippen LogP contribution is 2.23. The van der Waals surface area contributed by atoms with Crippen molar-refractivity contribution in [3.05, 3.63) is 35.9 Å². The smallest absolute Gasteiger partial charge is 0.222 e. The fraction of sp³-hybridized carbons (Fsp3) is 0.588. The van der Waals surface area contributed by atoms with Gasteiger partial charge in [-0.25, -0.2) is 0 Å². The van der Waals surface area contributed by atoms with Crippen molar-refractivity contribution in [1.82, 2.24) is 5.32 Å². The molecule has 110 valence electrons. The first-order valence-corrected chi connectivity index (χ1v) is 7.76. The van der Waals surface area contributed by atoms with Crippen LogP contribution in [0.3, 0.4) is 0 Å². The molecule has 20 heavy (non-hydrogen) atoms. The van der Waals surface area contributed by atoms with Gasteiger partial charge in [0.2, 0.25) is 5.91 Å². The van der Waals surface area contributed by atoms with E-state index >= 15 is 0 Å². The molecule has 3 nitrogen and oxygen atoms in total. The quantitative estimate of drug-likeness (QED) is 0.829. The highest BCUT2D eigenvalue weighted by Gasteiger charge is 2.22. The lowest BCUT2D eigenvalue weighted by molar-refractivity contribution is -0.122. The lowest BCUT2D eigenvalue weighted by Gasteiger charge is -2.23. The number of hydrogen-bond acceptors (Lipinski definition) is 2. The SMILES string of the molecule is CC1CCCCCC1NC(=O)CC(N)c1ccccc1. The Morgan fingerprint density at radius 1 is 1.25 bits per heavy atom. The van der Waals surface area contributed by atoms with Crippen molar-refractivity contribution in [2.75, 3.05) is 0 Å². The van der Waals surface area contributed by atoms with Gasteiger partial charge < -0.3 is 11.1 Å². The molecule has 1 saturated carbocycles. The molecular weight excluding hydrogens is 248 g/mol. The zero-order valence-corrected chi connectivity index (χ0v) is 12.3. The highest BCUT2D eigenvalue weighted by atomic mass is 16.1. The molecule has 1 aliphatic rings. The maximum atomic E-state index is 12.2. The van der Waals surface area contributed by atoms with Crippen molar-refractivity contribution < 1.29 is 4.79 Å². The minimum absolute atomic E-state index is 0.0834. The topological polar surface area (TPSA) is 55.1 Å². The third-order valence-corrected chi connectivity index (χ3v) is 4.34. The molecule has 0 spiro atoms. The number of amides is 1. The average Bonchev–Trinajstić information content (AvgIpc) is 2.65. The molecule has 0 saturated heterocycles. The predicted molar refractivity (Wildman–Crippen MR) is 82.2 cm³/mol. The van der Waals surface area contributed by atoms with Crippen LogP contribution < -0.4 is 11.1 Å². The van der Waals surface area contributed by atoms with Gasteiger partial charge in [-0.1, -0.05) is 56.5 Å². The Morgan fingerprint density at radius 3 is 2.70 bits per heavy atom. The Kier molecular flexibility index (Phi) is 5.60. The van der Waals surface area contributed by atoms with Crippen LogP contribution in [0.5, 0.6) is 0 Å². The second-order valence-corrected chi connectivity index (χ2v) is 6.01. The molecule has 1 amide bonds. The van der Waals surface area contributed by atoms with E-state index in [0.29, 0.717) is 18.4 Å². The predicted octanol–water partition coefficient (Wildman–Crippen LogP) is 3.16. The summed E-state index contributed by atoms with van der Waals surface area (Å²) in [5.74, 6) is 0.662. The fourth-order valence-electron chi connectivity index (χ4n) is 2.99. The molecule has 0 heterocycles. The van der Waals surface area contributed by atoms with Crippen LogP contribution in [-0.4, -0.2) is 11.9 Å². The van der Waals surface area contributed by atoms with Crippen LogP contribution in [0.15, 0.2) is 30.3 Å². The molecule has 0 aliphatic heterocycles. The molecule has 3 N–H and O–H groups in total. The van der Waals surface area contributed by atoms with Gasteiger partial charge in [0.15, 0.2) is 0 Å². The van der Waals surface area contributed by atoms with E-state index in [2.05, 4.69) is 12.2 Å². The standard InChI is InChI=1S/C17H26N2O/c1-13-8-4-2-7-11-16(13)19-17(20)12-15(18)14-9-5-3-6-10-14/h3,5-6,9-10,13,15-16H,2,4,7-8,11-12,18H2,1H3,(H,19,20). The minimum atomic E-state index is -0.211. The summed E-state index contributed by atoms with van der Waals surface area (Å²) in [6, 6.07) is 9.95. The molecule has 0 aromatic heterocycles. The summed E-state index contributed by atoms with van der Waals surface area (Å²) in [6.07, 6.45) is 6.49. The first-order valence-electron chi connectivity index (χ1n) is 7.76. The van der Waals surface area contributed by atoms with Crippen LogP contribution in [-0.2, 0) is 4.79 Å². The van der Waals surface area contributed by atoms with Gasteiger partial charge in [-0.2, -0.15) is 0 Å². The van der Waals surface area contributed by atoms with Crippen molar-refractivity contribution in [2.24, 2.45) is 11.7 Å². The number of hydrogen-bond donors (Lipinski definition) is 2. The monoisotopic (exact) mass is 274 g/mol. The molecule has 0 bridgehead atoms. The molecule has 1 aliphatic carbocycles. The lowest BCUT2D eigenvalue weighted by Crippen LogP contribution is -2.40. The van der Waals surface area contributed by atoms with E-state index in [4.69, 9.17) is 5.73 Å². The van der Waals surface area contributed by atoms with Crippen molar-refractivity contribution in [3.8, 4) is 0 Å². The Morgan fingerprint density at radius 2 is 1.95 bits per heavy atom. The largest absolute Gasteiger partial charge is 0.353 e. The van der Waals surface area contributed by atoms with Gasteiger partial charge in [0.25, 0.3) is 0 Å². The summed E-state index contributed by atoms with van der Waals surface area (Å²) >= 11 is 0. The van der Waals surface area contributed by atoms with E-state index < -0.39 is 0 Å². The number of carbonyl (C=O) groups is 1. The second-order valence-electron chi connectivity index (χ2n) is 6.01. The van der Waals surface area contributed by atoms with Crippen molar-refractivity contribution in [3.63, 3.8) is 0 Å². The summed E-state index contributed by atoms with van der Waals surface area (Å²) < 4.78 is 0. The third-order valence-electron chi connectivity index (χ3n) is 4.34. The zero-order chi connectivity index (χ0) is 14.4. The Labute approximate surface area is 121 Å². The van der Waals surface area contributed by atoms with Gasteiger partial charge in [-0.05, 0) is 24.3 Å². The van der Waals surface area contributed by atoms with E-state index in [1.165, 1.54) is 25.7 Å². The highest BCUT2D eigenvalue weighted by molar-refractivity contribution is 5.77. The molecule has 1 aromatic rings. The molecule has 1 aromatic carbocycles. The van der Waals surface area contributed by atoms with Crippen LogP contribution in [0.4, 0.5) is 0 Å². The number of carbonyl (C=O) groups excluding carboxylic acids is 1. The van der Waals surface area contributed by atoms with Gasteiger partial charge in [-0.15, -0.1) is 0 Å². The van der Waals surface area contributed by atoms with Gasteiger partial charge in [0.05, 0.1) is 0 Å². The minimum Gasteiger partial charge on any atom is -0.353 e. The third kappa shape index (κ3) is 4.34. The van der Waals surface area contributed by atoms with Gasteiger partial charge in [0, 0.05) is 18.5 Å². The fourth-order valence-corrected chi connectivity index (χ4v) is 2.99. The van der Waals surface area contributed by atoms with E-state index in [1.54, 1.807) is 0 Å². The van der Waals surface area contributed by atoms with E-state index in [-0.39, 0.29) is 11.9 Å². The van der Waals surface area contributed by atoms with Crippen molar-refractivity contribution in [1.29, 1.82) is 0 Å². The molecule has 0 radical (unpaired) electrons. The maximum Gasteiger partial charge on any atom is 0.222 e. The zero-order valence-electron chi connectivity index (χ0n) is 12.3. The summed E-state index contributed by atoms with van der Waals surface area (Å²) in [4.78, 5) is 12.2. The number of rotatable bonds is 4. The first-order chi connectivity index (χ1) is 9.66. The number of benzene rings is 1. The van der Waals surface area contributed by atoms with E-state index in [1.807, 2.05) is 30.3 Å². The van der Waals surface area contributed by atoms with Gasteiger partial charge in [0.1, 0.15) is 0 Å². The molecule has 3 unspecified atom stereocenters.